The van der Waals surface area contributed by atoms with E-state index < -0.39 is 12.1 Å². The van der Waals surface area contributed by atoms with Crippen LogP contribution in [-0.2, 0) is 20.9 Å². The number of hydrogen-bond donors (Lipinski definition) is 1. The lowest BCUT2D eigenvalue weighted by Gasteiger charge is -2.13. The SMILES string of the molecule is CCOc1nc2cccc(C(=O)OC)c2n1Cc1ccc(-c2ccccc2/C(N)=N/OC(=O)OC)cc1. The smallest absolute Gasteiger partial charge is 0.465 e. The van der Waals surface area contributed by atoms with Gasteiger partial charge in [0.05, 0.1) is 44.0 Å². The average molecular weight is 503 g/mol. The topological polar surface area (TPSA) is 127 Å². The number of oxime groups is 1. The molecule has 0 fully saturated rings. The van der Waals surface area contributed by atoms with Crippen LogP contribution in [-0.4, -0.2) is 48.3 Å². The van der Waals surface area contributed by atoms with Crippen molar-refractivity contribution in [1.82, 2.24) is 9.55 Å². The number of aromatic nitrogens is 2. The van der Waals surface area contributed by atoms with Gasteiger partial charge in [0.2, 0.25) is 0 Å². The molecule has 0 bridgehead atoms. The first-order chi connectivity index (χ1) is 18.0. The first kappa shape index (κ1) is 25.2. The molecular weight excluding hydrogens is 476 g/mol. The summed E-state index contributed by atoms with van der Waals surface area (Å²) in [6, 6.07) is 20.9. The van der Waals surface area contributed by atoms with E-state index in [9.17, 15) is 9.59 Å². The Morgan fingerprint density at radius 3 is 2.38 bits per heavy atom. The number of carbonyl (C=O) groups is 2. The number of amidine groups is 1. The number of hydrogen-bond acceptors (Lipinski definition) is 8. The lowest BCUT2D eigenvalue weighted by atomic mass is 9.98. The van der Waals surface area contributed by atoms with Gasteiger partial charge in [0, 0.05) is 5.56 Å². The second-order valence-electron chi connectivity index (χ2n) is 7.84. The summed E-state index contributed by atoms with van der Waals surface area (Å²) in [4.78, 5) is 32.9. The highest BCUT2D eigenvalue weighted by atomic mass is 16.8. The summed E-state index contributed by atoms with van der Waals surface area (Å²) in [5.41, 5.74) is 11.0. The van der Waals surface area contributed by atoms with Crippen LogP contribution >= 0.6 is 0 Å². The highest BCUT2D eigenvalue weighted by Crippen LogP contribution is 2.28. The number of fused-ring (bicyclic) bond motifs is 1. The molecule has 1 heterocycles. The Kier molecular flexibility index (Phi) is 7.68. The van der Waals surface area contributed by atoms with Gasteiger partial charge in [0.25, 0.3) is 6.01 Å². The number of benzene rings is 3. The van der Waals surface area contributed by atoms with E-state index in [0.717, 1.165) is 16.7 Å². The molecule has 10 heteroatoms. The number of ether oxygens (including phenoxy) is 3. The van der Waals surface area contributed by atoms with E-state index in [-0.39, 0.29) is 5.84 Å². The van der Waals surface area contributed by atoms with Crippen LogP contribution in [0.15, 0.2) is 71.9 Å². The van der Waals surface area contributed by atoms with Crippen molar-refractivity contribution in [1.29, 1.82) is 0 Å². The second kappa shape index (κ2) is 11.3. The Balaban J connectivity index is 1.68. The molecule has 2 N–H and O–H groups in total. The molecule has 4 aromatic rings. The van der Waals surface area contributed by atoms with Gasteiger partial charge < -0.3 is 19.9 Å². The Morgan fingerprint density at radius 2 is 1.68 bits per heavy atom. The van der Waals surface area contributed by atoms with Crippen LogP contribution in [0, 0.1) is 0 Å². The van der Waals surface area contributed by atoms with Crippen molar-refractivity contribution in [2.24, 2.45) is 10.9 Å². The molecule has 3 aromatic carbocycles. The molecule has 0 aliphatic rings. The lowest BCUT2D eigenvalue weighted by Crippen LogP contribution is -2.16. The van der Waals surface area contributed by atoms with E-state index in [2.05, 4.69) is 19.7 Å². The number of nitrogens with zero attached hydrogens (tertiary/aromatic N) is 3. The first-order valence-electron chi connectivity index (χ1n) is 11.4. The Labute approximate surface area is 213 Å². The third kappa shape index (κ3) is 5.37. The Bertz CT molecular complexity index is 1460. The predicted molar refractivity (Wildman–Crippen MR) is 137 cm³/mol. The summed E-state index contributed by atoms with van der Waals surface area (Å²) >= 11 is 0. The molecule has 37 heavy (non-hydrogen) atoms. The van der Waals surface area contributed by atoms with E-state index in [4.69, 9.17) is 15.2 Å². The standard InChI is InChI=1S/C27H26N4O6/c1-4-36-26-29-22-11-7-10-21(25(32)34-2)23(22)31(26)16-17-12-14-18(15-13-17)19-8-5-6-9-20(19)24(28)30-37-27(33)35-3/h5-15H,4,16H2,1-3H3,(H2,28,30). The van der Waals surface area contributed by atoms with Gasteiger partial charge in [-0.25, -0.2) is 9.59 Å². The molecule has 190 valence electrons. The Morgan fingerprint density at radius 1 is 0.946 bits per heavy atom. The minimum absolute atomic E-state index is 0.0339. The molecule has 0 radical (unpaired) electrons. The van der Waals surface area contributed by atoms with E-state index >= 15 is 0 Å². The van der Waals surface area contributed by atoms with Crippen LogP contribution in [0.3, 0.4) is 0 Å². The summed E-state index contributed by atoms with van der Waals surface area (Å²) < 4.78 is 17.0. The van der Waals surface area contributed by atoms with Gasteiger partial charge in [-0.1, -0.05) is 59.8 Å². The molecule has 0 spiro atoms. The fourth-order valence-electron chi connectivity index (χ4n) is 3.93. The molecule has 0 aliphatic carbocycles. The summed E-state index contributed by atoms with van der Waals surface area (Å²) in [5.74, 6) is -0.413. The Hall–Kier alpha value is -4.86. The maximum Gasteiger partial charge on any atom is 0.534 e. The zero-order valence-corrected chi connectivity index (χ0v) is 20.6. The fraction of sp³-hybridized carbons (Fsp3) is 0.185. The molecule has 0 saturated carbocycles. The van der Waals surface area contributed by atoms with Gasteiger partial charge >= 0.3 is 12.1 Å². The lowest BCUT2D eigenvalue weighted by molar-refractivity contribution is 0.0602. The number of rotatable bonds is 8. The molecule has 0 atom stereocenters. The van der Waals surface area contributed by atoms with Crippen molar-refractivity contribution in [3.63, 3.8) is 0 Å². The van der Waals surface area contributed by atoms with Crippen molar-refractivity contribution >= 4 is 29.0 Å². The van der Waals surface area contributed by atoms with E-state index in [1.54, 1.807) is 18.2 Å². The average Bonchev–Trinajstić information content (AvgIpc) is 3.28. The van der Waals surface area contributed by atoms with Gasteiger partial charge in [0.1, 0.15) is 0 Å². The van der Waals surface area contributed by atoms with Crippen LogP contribution in [0.25, 0.3) is 22.2 Å². The summed E-state index contributed by atoms with van der Waals surface area (Å²) in [7, 11) is 2.53. The minimum atomic E-state index is -0.960. The van der Waals surface area contributed by atoms with E-state index in [1.165, 1.54) is 14.2 Å². The third-order valence-electron chi connectivity index (χ3n) is 5.60. The zero-order chi connectivity index (χ0) is 26.4. The van der Waals surface area contributed by atoms with Crippen molar-refractivity contribution in [2.45, 2.75) is 13.5 Å². The van der Waals surface area contributed by atoms with Crippen LogP contribution < -0.4 is 10.5 Å². The number of esters is 1. The number of methoxy groups -OCH3 is 2. The monoisotopic (exact) mass is 502 g/mol. The summed E-state index contributed by atoms with van der Waals surface area (Å²) in [5, 5.41) is 3.66. The van der Waals surface area contributed by atoms with Crippen molar-refractivity contribution < 1.29 is 28.6 Å². The summed E-state index contributed by atoms with van der Waals surface area (Å²) in [6.45, 7) is 2.72. The van der Waals surface area contributed by atoms with Crippen LogP contribution in [0.5, 0.6) is 6.01 Å². The van der Waals surface area contributed by atoms with E-state index in [0.29, 0.717) is 41.3 Å². The second-order valence-corrected chi connectivity index (χ2v) is 7.84. The first-order valence-corrected chi connectivity index (χ1v) is 11.4. The summed E-state index contributed by atoms with van der Waals surface area (Å²) in [6.07, 6.45) is -0.960. The number of imidazole rings is 1. The molecule has 1 aromatic heterocycles. The third-order valence-corrected chi connectivity index (χ3v) is 5.60. The molecule has 0 saturated heterocycles. The number of nitrogens with two attached hydrogens (primary N) is 1. The fourth-order valence-corrected chi connectivity index (χ4v) is 3.93. The quantitative estimate of drug-likeness (QED) is 0.124. The largest absolute Gasteiger partial charge is 0.534 e. The van der Waals surface area contributed by atoms with E-state index in [1.807, 2.05) is 60.0 Å². The highest BCUT2D eigenvalue weighted by molar-refractivity contribution is 6.03. The zero-order valence-electron chi connectivity index (χ0n) is 20.6. The molecule has 0 amide bonds. The molecule has 0 unspecified atom stereocenters. The maximum atomic E-state index is 12.4. The van der Waals surface area contributed by atoms with Crippen LogP contribution in [0.4, 0.5) is 4.79 Å². The van der Waals surface area contributed by atoms with Gasteiger partial charge in [-0.15, -0.1) is 0 Å². The van der Waals surface area contributed by atoms with Gasteiger partial charge in [-0.3, -0.25) is 9.40 Å². The van der Waals surface area contributed by atoms with Gasteiger partial charge in [-0.2, -0.15) is 4.98 Å². The molecular formula is C27H26N4O6. The van der Waals surface area contributed by atoms with Gasteiger partial charge in [0.15, 0.2) is 5.84 Å². The van der Waals surface area contributed by atoms with Gasteiger partial charge in [-0.05, 0) is 35.7 Å². The van der Waals surface area contributed by atoms with Crippen LogP contribution in [0.1, 0.15) is 28.4 Å². The predicted octanol–water partition coefficient (Wildman–Crippen LogP) is 4.34. The molecule has 4 rings (SSSR count). The number of para-hydroxylation sites is 1. The maximum absolute atomic E-state index is 12.4. The number of carbonyl (C=O) groups excluding carboxylic acids is 2. The molecule has 10 nitrogen and oxygen atoms in total. The normalized spacial score (nSPS) is 11.3. The van der Waals surface area contributed by atoms with Crippen molar-refractivity contribution in [3.8, 4) is 17.1 Å². The van der Waals surface area contributed by atoms with Crippen molar-refractivity contribution in [2.75, 3.05) is 20.8 Å². The minimum Gasteiger partial charge on any atom is -0.465 e. The molecule has 0 aliphatic heterocycles. The highest BCUT2D eigenvalue weighted by Gasteiger charge is 2.20. The van der Waals surface area contributed by atoms with Crippen molar-refractivity contribution in [3.05, 3.63) is 83.4 Å². The van der Waals surface area contributed by atoms with Crippen LogP contribution in [0.2, 0.25) is 0 Å².